The predicted molar refractivity (Wildman–Crippen MR) is 133 cm³/mol. The number of hydrogen-bond donors (Lipinski definition) is 0. The van der Waals surface area contributed by atoms with Gasteiger partial charge in [-0.3, -0.25) is 9.59 Å². The SMILES string of the molecule is CCCCN1C(=O)C[C@H](C(=O)N2CCC(c3nc4ccccc4o3)CC2)[C@H]1c1ccc(OC)cc1. The van der Waals surface area contributed by atoms with E-state index >= 15 is 0 Å². The first-order valence-corrected chi connectivity index (χ1v) is 12.7. The zero-order valence-electron chi connectivity index (χ0n) is 20.5. The van der Waals surface area contributed by atoms with Gasteiger partial charge in [-0.05, 0) is 49.1 Å². The van der Waals surface area contributed by atoms with Crippen molar-refractivity contribution in [3.8, 4) is 5.75 Å². The topological polar surface area (TPSA) is 75.9 Å². The lowest BCUT2D eigenvalue weighted by atomic mass is 9.90. The van der Waals surface area contributed by atoms with E-state index in [1.54, 1.807) is 7.11 Å². The molecule has 2 amide bonds. The largest absolute Gasteiger partial charge is 0.497 e. The average Bonchev–Trinajstić information content (AvgIpc) is 3.48. The number of carbonyl (C=O) groups is 2. The van der Waals surface area contributed by atoms with Crippen LogP contribution in [0, 0.1) is 5.92 Å². The minimum atomic E-state index is -0.367. The molecule has 0 spiro atoms. The van der Waals surface area contributed by atoms with E-state index in [1.165, 1.54) is 0 Å². The van der Waals surface area contributed by atoms with E-state index < -0.39 is 0 Å². The van der Waals surface area contributed by atoms with E-state index in [9.17, 15) is 9.59 Å². The summed E-state index contributed by atoms with van der Waals surface area (Å²) >= 11 is 0. The number of oxazole rings is 1. The van der Waals surface area contributed by atoms with E-state index in [-0.39, 0.29) is 36.1 Å². The minimum Gasteiger partial charge on any atom is -0.497 e. The van der Waals surface area contributed by atoms with Gasteiger partial charge >= 0.3 is 0 Å². The average molecular weight is 476 g/mol. The second-order valence-corrected chi connectivity index (χ2v) is 9.59. The Morgan fingerprint density at radius 3 is 2.54 bits per heavy atom. The molecule has 7 nitrogen and oxygen atoms in total. The van der Waals surface area contributed by atoms with Gasteiger partial charge in [-0.2, -0.15) is 0 Å². The Labute approximate surface area is 206 Å². The van der Waals surface area contributed by atoms with Gasteiger partial charge in [0.2, 0.25) is 11.8 Å². The van der Waals surface area contributed by atoms with E-state index in [2.05, 4.69) is 11.9 Å². The molecule has 5 rings (SSSR count). The molecule has 1 aromatic heterocycles. The number of piperidine rings is 1. The molecular formula is C28H33N3O4. The maximum absolute atomic E-state index is 13.7. The third kappa shape index (κ3) is 4.64. The van der Waals surface area contributed by atoms with Gasteiger partial charge in [-0.25, -0.2) is 4.98 Å². The van der Waals surface area contributed by atoms with Gasteiger partial charge in [0.05, 0.1) is 19.1 Å². The number of amides is 2. The monoisotopic (exact) mass is 475 g/mol. The summed E-state index contributed by atoms with van der Waals surface area (Å²) in [6, 6.07) is 15.4. The number of aromatic nitrogens is 1. The van der Waals surface area contributed by atoms with Crippen molar-refractivity contribution in [3.05, 3.63) is 60.0 Å². The molecule has 0 aliphatic carbocycles. The molecule has 184 valence electrons. The van der Waals surface area contributed by atoms with Crippen LogP contribution in [-0.2, 0) is 9.59 Å². The van der Waals surface area contributed by atoms with Gasteiger partial charge in [0.25, 0.3) is 0 Å². The Morgan fingerprint density at radius 2 is 1.86 bits per heavy atom. The number of ether oxygens (including phenoxy) is 1. The van der Waals surface area contributed by atoms with Crippen molar-refractivity contribution in [3.63, 3.8) is 0 Å². The summed E-state index contributed by atoms with van der Waals surface area (Å²) in [4.78, 5) is 35.3. The Kier molecular flexibility index (Phi) is 6.75. The van der Waals surface area contributed by atoms with Crippen molar-refractivity contribution in [2.24, 2.45) is 5.92 Å². The molecule has 3 heterocycles. The molecule has 2 saturated heterocycles. The molecule has 0 radical (unpaired) electrons. The fourth-order valence-corrected chi connectivity index (χ4v) is 5.46. The van der Waals surface area contributed by atoms with Gasteiger partial charge in [0.1, 0.15) is 11.3 Å². The van der Waals surface area contributed by atoms with Crippen LogP contribution < -0.4 is 4.74 Å². The number of unbranched alkanes of at least 4 members (excludes halogenated alkanes) is 1. The van der Waals surface area contributed by atoms with Crippen molar-refractivity contribution in [2.75, 3.05) is 26.7 Å². The lowest BCUT2D eigenvalue weighted by molar-refractivity contribution is -0.137. The molecule has 0 N–H and O–H groups in total. The van der Waals surface area contributed by atoms with E-state index in [0.29, 0.717) is 19.6 Å². The Morgan fingerprint density at radius 1 is 1.11 bits per heavy atom. The van der Waals surface area contributed by atoms with E-state index in [0.717, 1.165) is 54.0 Å². The van der Waals surface area contributed by atoms with Crippen LogP contribution in [0.1, 0.15) is 62.4 Å². The maximum Gasteiger partial charge on any atom is 0.228 e. The van der Waals surface area contributed by atoms with Crippen molar-refractivity contribution in [2.45, 2.75) is 51.0 Å². The second-order valence-electron chi connectivity index (χ2n) is 9.59. The third-order valence-corrected chi connectivity index (χ3v) is 7.43. The summed E-state index contributed by atoms with van der Waals surface area (Å²) in [5, 5.41) is 0. The van der Waals surface area contributed by atoms with Crippen molar-refractivity contribution in [1.29, 1.82) is 0 Å². The second kappa shape index (κ2) is 10.1. The summed E-state index contributed by atoms with van der Waals surface area (Å²) in [5.74, 6) is 1.51. The van der Waals surface area contributed by atoms with Crippen LogP contribution in [0.15, 0.2) is 52.9 Å². The molecule has 0 unspecified atom stereocenters. The van der Waals surface area contributed by atoms with Crippen molar-refractivity contribution in [1.82, 2.24) is 14.8 Å². The molecule has 0 bridgehead atoms. The van der Waals surface area contributed by atoms with Gasteiger partial charge in [-0.15, -0.1) is 0 Å². The highest BCUT2D eigenvalue weighted by atomic mass is 16.5. The van der Waals surface area contributed by atoms with Crippen molar-refractivity contribution < 1.29 is 18.7 Å². The summed E-state index contributed by atoms with van der Waals surface area (Å²) in [6.07, 6.45) is 3.82. The van der Waals surface area contributed by atoms with Crippen LogP contribution in [0.4, 0.5) is 0 Å². The Hall–Kier alpha value is -3.35. The van der Waals surface area contributed by atoms with Gasteiger partial charge in [0.15, 0.2) is 11.5 Å². The number of hydrogen-bond acceptors (Lipinski definition) is 5. The number of nitrogens with zero attached hydrogens (tertiary/aromatic N) is 3. The minimum absolute atomic E-state index is 0.0685. The van der Waals surface area contributed by atoms with Crippen LogP contribution in [0.25, 0.3) is 11.1 Å². The fourth-order valence-electron chi connectivity index (χ4n) is 5.46. The summed E-state index contributed by atoms with van der Waals surface area (Å²) < 4.78 is 11.3. The summed E-state index contributed by atoms with van der Waals surface area (Å²) in [6.45, 7) is 4.09. The highest BCUT2D eigenvalue weighted by molar-refractivity contribution is 5.90. The molecule has 7 heteroatoms. The molecule has 3 aromatic rings. The Balaban J connectivity index is 1.31. The lowest BCUT2D eigenvalue weighted by Crippen LogP contribution is -2.43. The molecule has 2 fully saturated rings. The first kappa shape index (κ1) is 23.4. The Bertz CT molecular complexity index is 1150. The highest BCUT2D eigenvalue weighted by Crippen LogP contribution is 2.41. The smallest absolute Gasteiger partial charge is 0.228 e. The van der Waals surface area contributed by atoms with Crippen molar-refractivity contribution >= 4 is 22.9 Å². The standard InChI is InChI=1S/C28H33N3O4/c1-3-4-15-31-25(32)18-22(26(31)19-9-11-21(34-2)12-10-19)28(33)30-16-13-20(14-17-30)27-29-23-7-5-6-8-24(23)35-27/h5-12,20,22,26H,3-4,13-18H2,1-2H3/t22-,26+/m0/s1. The number of methoxy groups -OCH3 is 1. The number of benzene rings is 2. The van der Waals surface area contributed by atoms with Crippen LogP contribution in [0.5, 0.6) is 5.75 Å². The van der Waals surface area contributed by atoms with Gasteiger partial charge in [-0.1, -0.05) is 37.6 Å². The fraction of sp³-hybridized carbons (Fsp3) is 0.464. The van der Waals surface area contributed by atoms with E-state index in [1.807, 2.05) is 58.3 Å². The number of likely N-dealkylation sites (tertiary alicyclic amines) is 2. The number of fused-ring (bicyclic) bond motifs is 1. The highest BCUT2D eigenvalue weighted by Gasteiger charge is 2.46. The zero-order chi connectivity index (χ0) is 24.4. The molecule has 35 heavy (non-hydrogen) atoms. The lowest BCUT2D eigenvalue weighted by Gasteiger charge is -2.35. The van der Waals surface area contributed by atoms with Crippen LogP contribution in [-0.4, -0.2) is 53.3 Å². The van der Waals surface area contributed by atoms with Crippen LogP contribution >= 0.6 is 0 Å². The van der Waals surface area contributed by atoms with E-state index in [4.69, 9.17) is 9.15 Å². The number of para-hydroxylation sites is 2. The van der Waals surface area contributed by atoms with Gasteiger partial charge in [0, 0.05) is 32.0 Å². The van der Waals surface area contributed by atoms with Crippen LogP contribution in [0.3, 0.4) is 0 Å². The van der Waals surface area contributed by atoms with Gasteiger partial charge < -0.3 is 19.0 Å². The predicted octanol–water partition coefficient (Wildman–Crippen LogP) is 4.93. The molecule has 0 saturated carbocycles. The molecular weight excluding hydrogens is 442 g/mol. The first-order valence-electron chi connectivity index (χ1n) is 12.7. The molecule has 2 atom stereocenters. The normalized spacial score (nSPS) is 21.1. The zero-order valence-corrected chi connectivity index (χ0v) is 20.5. The first-order chi connectivity index (χ1) is 17.1. The molecule has 2 aliphatic heterocycles. The van der Waals surface area contributed by atoms with Crippen LogP contribution in [0.2, 0.25) is 0 Å². The third-order valence-electron chi connectivity index (χ3n) is 7.43. The number of carbonyl (C=O) groups excluding carboxylic acids is 2. The molecule has 2 aromatic carbocycles. The number of rotatable bonds is 7. The summed E-state index contributed by atoms with van der Waals surface area (Å²) in [5.41, 5.74) is 2.67. The quantitative estimate of drug-likeness (QED) is 0.484. The summed E-state index contributed by atoms with van der Waals surface area (Å²) in [7, 11) is 1.64. The maximum atomic E-state index is 13.7. The molecule has 2 aliphatic rings.